The second-order valence-corrected chi connectivity index (χ2v) is 8.79. The molecule has 0 unspecified atom stereocenters. The van der Waals surface area contributed by atoms with Gasteiger partial charge in [0.1, 0.15) is 18.4 Å². The smallest absolute Gasteiger partial charge is 0.326 e. The normalized spacial score (nSPS) is 17.0. The summed E-state index contributed by atoms with van der Waals surface area (Å²) in [6, 6.07) is 11.8. The summed E-state index contributed by atoms with van der Waals surface area (Å²) in [5.74, 6) is 1.38. The minimum atomic E-state index is -0.938. The van der Waals surface area contributed by atoms with Gasteiger partial charge in [0.2, 0.25) is 0 Å². The van der Waals surface area contributed by atoms with Gasteiger partial charge < -0.3 is 15.2 Å². The first-order valence-electron chi connectivity index (χ1n) is 8.93. The number of hydrogen-bond acceptors (Lipinski definition) is 5. The van der Waals surface area contributed by atoms with E-state index in [-0.39, 0.29) is 12.6 Å². The average Bonchev–Trinajstić information content (AvgIpc) is 3.23. The molecular weight excluding hydrogens is 451 g/mol. The van der Waals surface area contributed by atoms with Gasteiger partial charge in [-0.15, -0.1) is 11.8 Å². The zero-order valence-electron chi connectivity index (χ0n) is 15.4. The van der Waals surface area contributed by atoms with Gasteiger partial charge in [0.05, 0.1) is 11.0 Å². The first-order chi connectivity index (χ1) is 13.9. The summed E-state index contributed by atoms with van der Waals surface area (Å²) in [6.45, 7) is 0.248. The van der Waals surface area contributed by atoms with Gasteiger partial charge in [-0.2, -0.15) is 0 Å². The third-order valence-corrected chi connectivity index (χ3v) is 6.51. The van der Waals surface area contributed by atoms with Crippen molar-refractivity contribution in [3.05, 3.63) is 63.6 Å². The molecule has 1 fully saturated rings. The van der Waals surface area contributed by atoms with Crippen molar-refractivity contribution < 1.29 is 14.6 Å². The maximum Gasteiger partial charge on any atom is 0.326 e. The molecule has 154 valence electrons. The van der Waals surface area contributed by atoms with Crippen LogP contribution in [0.4, 0.5) is 0 Å². The molecule has 1 heterocycles. The van der Waals surface area contributed by atoms with E-state index in [1.165, 1.54) is 0 Å². The zero-order chi connectivity index (χ0) is 20.8. The van der Waals surface area contributed by atoms with Crippen LogP contribution < -0.4 is 15.4 Å². The molecule has 0 aliphatic carbocycles. The van der Waals surface area contributed by atoms with E-state index in [1.807, 2.05) is 12.1 Å². The van der Waals surface area contributed by atoms with Gasteiger partial charge in [0.25, 0.3) is 0 Å². The maximum atomic E-state index is 11.6. The number of rotatable bonds is 8. The second kappa shape index (κ2) is 10.5. The summed E-state index contributed by atoms with van der Waals surface area (Å²) in [7, 11) is 0. The van der Waals surface area contributed by atoms with E-state index in [4.69, 9.17) is 40.2 Å². The Morgan fingerprint density at radius 3 is 2.55 bits per heavy atom. The SMILES string of the molecule is O=C(O)[C@@H](Cc1ccc(OCc2c(Cl)cccc2Cl)cc1)NC(=S)[C@@H]1CSCN1. The van der Waals surface area contributed by atoms with E-state index in [0.29, 0.717) is 27.2 Å². The molecule has 0 aromatic heterocycles. The van der Waals surface area contributed by atoms with Gasteiger partial charge in [0, 0.05) is 33.7 Å². The third kappa shape index (κ3) is 6.23. The number of carboxylic acid groups (broad SMARTS) is 1. The predicted octanol–water partition coefficient (Wildman–Crippen LogP) is 4.15. The Bertz CT molecular complexity index is 854. The van der Waals surface area contributed by atoms with Crippen LogP contribution in [0.3, 0.4) is 0 Å². The van der Waals surface area contributed by atoms with Crippen molar-refractivity contribution in [3.63, 3.8) is 0 Å². The van der Waals surface area contributed by atoms with Crippen molar-refractivity contribution in [3.8, 4) is 5.75 Å². The van der Waals surface area contributed by atoms with Crippen LogP contribution in [-0.4, -0.2) is 39.8 Å². The highest BCUT2D eigenvalue weighted by molar-refractivity contribution is 7.99. The van der Waals surface area contributed by atoms with Crippen molar-refractivity contribution in [2.24, 2.45) is 0 Å². The van der Waals surface area contributed by atoms with E-state index in [1.54, 1.807) is 42.1 Å². The quantitative estimate of drug-likeness (QED) is 0.500. The molecule has 0 saturated carbocycles. The van der Waals surface area contributed by atoms with Crippen molar-refractivity contribution in [1.82, 2.24) is 10.6 Å². The predicted molar refractivity (Wildman–Crippen MR) is 122 cm³/mol. The number of halogens is 2. The Morgan fingerprint density at radius 1 is 1.28 bits per heavy atom. The van der Waals surface area contributed by atoms with Crippen LogP contribution in [0, 0.1) is 0 Å². The molecule has 2 aromatic carbocycles. The molecule has 1 saturated heterocycles. The van der Waals surface area contributed by atoms with Crippen molar-refractivity contribution in [2.45, 2.75) is 25.1 Å². The molecule has 2 aromatic rings. The number of carbonyl (C=O) groups is 1. The fourth-order valence-electron chi connectivity index (χ4n) is 2.82. The van der Waals surface area contributed by atoms with Gasteiger partial charge in [-0.3, -0.25) is 5.32 Å². The van der Waals surface area contributed by atoms with Gasteiger partial charge in [-0.05, 0) is 29.8 Å². The first-order valence-corrected chi connectivity index (χ1v) is 11.2. The van der Waals surface area contributed by atoms with Gasteiger partial charge in [-0.25, -0.2) is 4.79 Å². The zero-order valence-corrected chi connectivity index (χ0v) is 18.5. The summed E-state index contributed by atoms with van der Waals surface area (Å²) < 4.78 is 5.76. The fourth-order valence-corrected chi connectivity index (χ4v) is 4.70. The fraction of sp³-hybridized carbons (Fsp3) is 0.300. The number of hydrogen-bond donors (Lipinski definition) is 3. The molecule has 3 rings (SSSR count). The largest absolute Gasteiger partial charge is 0.489 e. The Labute approximate surface area is 189 Å². The van der Waals surface area contributed by atoms with Crippen LogP contribution in [0.15, 0.2) is 42.5 Å². The number of thioether (sulfide) groups is 1. The van der Waals surface area contributed by atoms with Crippen LogP contribution in [0.1, 0.15) is 11.1 Å². The molecule has 9 heteroatoms. The Hall–Kier alpha value is -1.51. The monoisotopic (exact) mass is 470 g/mol. The molecule has 29 heavy (non-hydrogen) atoms. The highest BCUT2D eigenvalue weighted by Crippen LogP contribution is 2.26. The number of ether oxygens (including phenoxy) is 1. The highest BCUT2D eigenvalue weighted by Gasteiger charge is 2.25. The summed E-state index contributed by atoms with van der Waals surface area (Å²) in [4.78, 5) is 12.2. The second-order valence-electron chi connectivity index (χ2n) is 6.51. The van der Waals surface area contributed by atoms with Crippen LogP contribution in [0.5, 0.6) is 5.75 Å². The van der Waals surface area contributed by atoms with Crippen LogP contribution >= 0.6 is 47.2 Å². The highest BCUT2D eigenvalue weighted by atomic mass is 35.5. The standard InChI is InChI=1S/C20H20Cl2N2O3S2/c21-15-2-1-3-16(22)14(15)9-27-13-6-4-12(5-7-13)8-17(20(25)26)24-19(28)18-10-29-11-23-18/h1-7,17-18,23H,8-11H2,(H,24,28)(H,25,26)/t17-,18+/m1/s1. The molecule has 3 N–H and O–H groups in total. The van der Waals surface area contributed by atoms with Gasteiger partial charge in [0.15, 0.2) is 0 Å². The molecule has 0 bridgehead atoms. The van der Waals surface area contributed by atoms with E-state index in [9.17, 15) is 9.90 Å². The maximum absolute atomic E-state index is 11.6. The minimum absolute atomic E-state index is 0.0178. The van der Waals surface area contributed by atoms with Crippen molar-refractivity contribution in [2.75, 3.05) is 11.6 Å². The summed E-state index contributed by atoms with van der Waals surface area (Å²) in [5, 5.41) is 16.9. The molecule has 0 amide bonds. The lowest BCUT2D eigenvalue weighted by Gasteiger charge is -2.20. The summed E-state index contributed by atoms with van der Waals surface area (Å²) in [5.41, 5.74) is 1.59. The average molecular weight is 471 g/mol. The number of carboxylic acids is 1. The van der Waals surface area contributed by atoms with Crippen LogP contribution in [-0.2, 0) is 17.8 Å². The van der Waals surface area contributed by atoms with E-state index in [0.717, 1.165) is 22.8 Å². The number of nitrogens with one attached hydrogen (secondary N) is 2. The molecule has 5 nitrogen and oxygen atoms in total. The Balaban J connectivity index is 1.58. The summed E-state index contributed by atoms with van der Waals surface area (Å²) >= 11 is 19.4. The topological polar surface area (TPSA) is 70.6 Å². The third-order valence-electron chi connectivity index (χ3n) is 4.46. The van der Waals surface area contributed by atoms with Crippen LogP contribution in [0.25, 0.3) is 0 Å². The van der Waals surface area contributed by atoms with Gasteiger partial charge in [-0.1, -0.05) is 53.6 Å². The molecular formula is C20H20Cl2N2O3S2. The van der Waals surface area contributed by atoms with E-state index in [2.05, 4.69) is 10.6 Å². The summed E-state index contributed by atoms with van der Waals surface area (Å²) in [6.07, 6.45) is 0.311. The Morgan fingerprint density at radius 2 is 1.97 bits per heavy atom. The molecule has 0 spiro atoms. The van der Waals surface area contributed by atoms with E-state index >= 15 is 0 Å². The molecule has 0 radical (unpaired) electrons. The minimum Gasteiger partial charge on any atom is -0.489 e. The number of thiocarbonyl (C=S) groups is 1. The lowest BCUT2D eigenvalue weighted by atomic mass is 10.1. The Kier molecular flexibility index (Phi) is 8.03. The van der Waals surface area contributed by atoms with Crippen molar-refractivity contribution >= 4 is 58.1 Å². The molecule has 1 aliphatic heterocycles. The molecule has 2 atom stereocenters. The lowest BCUT2D eigenvalue weighted by Crippen LogP contribution is -2.49. The van der Waals surface area contributed by atoms with Crippen LogP contribution in [0.2, 0.25) is 10.0 Å². The number of aliphatic carboxylic acids is 1. The van der Waals surface area contributed by atoms with Crippen molar-refractivity contribution in [1.29, 1.82) is 0 Å². The first kappa shape index (κ1) is 22.2. The van der Waals surface area contributed by atoms with E-state index < -0.39 is 12.0 Å². The van der Waals surface area contributed by atoms with Gasteiger partial charge >= 0.3 is 5.97 Å². The molecule has 1 aliphatic rings. The lowest BCUT2D eigenvalue weighted by molar-refractivity contribution is -0.139. The number of benzene rings is 2.